The van der Waals surface area contributed by atoms with Crippen molar-refractivity contribution in [2.45, 2.75) is 38.0 Å². The Balaban J connectivity index is 1.62. The summed E-state index contributed by atoms with van der Waals surface area (Å²) in [5.41, 5.74) is -0.0840. The Morgan fingerprint density at radius 2 is 2.19 bits per heavy atom. The second-order valence-electron chi connectivity index (χ2n) is 6.25. The molecule has 1 fully saturated rings. The zero-order chi connectivity index (χ0) is 18.7. The molecule has 0 saturated heterocycles. The smallest absolute Gasteiger partial charge is 0.255 e. The van der Waals surface area contributed by atoms with Crippen LogP contribution in [0.2, 0.25) is 0 Å². The van der Waals surface area contributed by atoms with Gasteiger partial charge in [0.2, 0.25) is 0 Å². The molecule has 2 aromatic rings. The summed E-state index contributed by atoms with van der Waals surface area (Å²) < 4.78 is 20.3. The first-order valence-corrected chi connectivity index (χ1v) is 8.35. The molecule has 9 heteroatoms. The van der Waals surface area contributed by atoms with Crippen LogP contribution in [-0.4, -0.2) is 50.6 Å². The lowest BCUT2D eigenvalue weighted by Gasteiger charge is -2.35. The summed E-state index contributed by atoms with van der Waals surface area (Å²) in [5, 5.41) is 30.0. The topological polar surface area (TPSA) is 110 Å². The summed E-state index contributed by atoms with van der Waals surface area (Å²) in [6, 6.07) is 3.75. The molecule has 26 heavy (non-hydrogen) atoms. The monoisotopic (exact) mass is 364 g/mol. The summed E-state index contributed by atoms with van der Waals surface area (Å²) in [7, 11) is 1.60. The number of carbonyl (C=O) groups excluding carboxylic acids is 1. The molecule has 0 atom stereocenters. The first-order chi connectivity index (χ1) is 12.5. The van der Waals surface area contributed by atoms with Crippen LogP contribution in [0, 0.1) is 5.82 Å². The quantitative estimate of drug-likeness (QED) is 0.675. The van der Waals surface area contributed by atoms with Gasteiger partial charge >= 0.3 is 0 Å². The number of nitrogens with zero attached hydrogens (tertiary/aromatic N) is 3. The first-order valence-electron chi connectivity index (χ1n) is 8.35. The van der Waals surface area contributed by atoms with E-state index in [1.807, 2.05) is 4.57 Å². The summed E-state index contributed by atoms with van der Waals surface area (Å²) in [4.78, 5) is 12.2. The van der Waals surface area contributed by atoms with Crippen molar-refractivity contribution in [3.05, 3.63) is 41.2 Å². The normalized spacial score (nSPS) is 19.2. The van der Waals surface area contributed by atoms with Gasteiger partial charge in [0.05, 0.1) is 12.2 Å². The first kappa shape index (κ1) is 18.3. The van der Waals surface area contributed by atoms with E-state index in [2.05, 4.69) is 15.5 Å². The van der Waals surface area contributed by atoms with Gasteiger partial charge in [0.15, 0.2) is 17.4 Å². The molecule has 1 aliphatic carbocycles. The summed E-state index contributed by atoms with van der Waals surface area (Å²) in [5.74, 6) is -0.646. The molecule has 3 N–H and O–H groups in total. The molecule has 8 nitrogen and oxygen atoms in total. The number of hydrogen-bond acceptors (Lipinski definition) is 6. The number of halogens is 1. The van der Waals surface area contributed by atoms with Crippen LogP contribution in [0.5, 0.6) is 5.75 Å². The zero-order valence-electron chi connectivity index (χ0n) is 14.4. The highest BCUT2D eigenvalue weighted by atomic mass is 19.1. The van der Waals surface area contributed by atoms with Gasteiger partial charge in [-0.15, -0.1) is 10.2 Å². The third-order valence-corrected chi connectivity index (χ3v) is 4.59. The van der Waals surface area contributed by atoms with Gasteiger partial charge in [0.25, 0.3) is 5.91 Å². The molecule has 0 bridgehead atoms. The summed E-state index contributed by atoms with van der Waals surface area (Å²) >= 11 is 0. The Bertz CT molecular complexity index is 789. The molecule has 0 unspecified atom stereocenters. The Morgan fingerprint density at radius 3 is 2.88 bits per heavy atom. The van der Waals surface area contributed by atoms with Crippen molar-refractivity contribution < 1.29 is 24.1 Å². The van der Waals surface area contributed by atoms with E-state index in [-0.39, 0.29) is 24.1 Å². The number of amides is 1. The molecule has 1 amide bonds. The number of aliphatic hydroxyl groups excluding tert-OH is 1. The van der Waals surface area contributed by atoms with Gasteiger partial charge < -0.3 is 24.8 Å². The van der Waals surface area contributed by atoms with Gasteiger partial charge in [-0.3, -0.25) is 4.79 Å². The maximum Gasteiger partial charge on any atom is 0.255 e. The molecule has 0 radical (unpaired) electrons. The van der Waals surface area contributed by atoms with E-state index in [1.165, 1.54) is 12.1 Å². The van der Waals surface area contributed by atoms with Crippen LogP contribution in [0.4, 0.5) is 4.39 Å². The fourth-order valence-electron chi connectivity index (χ4n) is 3.10. The van der Waals surface area contributed by atoms with E-state index in [0.29, 0.717) is 31.8 Å². The molecule has 1 aromatic carbocycles. The fourth-order valence-corrected chi connectivity index (χ4v) is 3.10. The minimum Gasteiger partial charge on any atom is -0.504 e. The highest BCUT2D eigenvalue weighted by molar-refractivity contribution is 5.97. The van der Waals surface area contributed by atoms with Gasteiger partial charge in [0, 0.05) is 25.6 Å². The number of benzene rings is 1. The number of aliphatic hydroxyl groups is 1. The lowest BCUT2D eigenvalue weighted by atomic mass is 9.79. The average molecular weight is 364 g/mol. The second-order valence-corrected chi connectivity index (χ2v) is 6.25. The number of para-hydroxylation sites is 1. The van der Waals surface area contributed by atoms with Crippen molar-refractivity contribution in [1.29, 1.82) is 0 Å². The van der Waals surface area contributed by atoms with Crippen LogP contribution in [0.3, 0.4) is 0 Å². The number of phenols is 1. The van der Waals surface area contributed by atoms with Crippen molar-refractivity contribution in [3.8, 4) is 5.75 Å². The molecule has 0 spiro atoms. The molecule has 0 aliphatic heterocycles. The molecule has 1 saturated carbocycles. The minimum absolute atomic E-state index is 0.0840. The molecular formula is C17H21FN4O4. The SMILES string of the molecule is COCCn1c(CO)nnc1C1CC(NC(=O)c2cccc(F)c2O)C1. The van der Waals surface area contributed by atoms with Crippen LogP contribution in [0.25, 0.3) is 0 Å². The number of hydrogen-bond donors (Lipinski definition) is 3. The number of aromatic hydroxyl groups is 1. The standard InChI is InChI=1S/C17H21FN4O4/c1-26-6-5-22-14(9-23)20-21-16(22)10-7-11(8-10)19-17(25)12-3-2-4-13(18)15(12)24/h2-4,10-11,23-24H,5-9H2,1H3,(H,19,25). The van der Waals surface area contributed by atoms with Crippen LogP contribution in [0.15, 0.2) is 18.2 Å². The second kappa shape index (κ2) is 7.79. The van der Waals surface area contributed by atoms with Crippen LogP contribution < -0.4 is 5.32 Å². The lowest BCUT2D eigenvalue weighted by Crippen LogP contribution is -2.44. The Morgan fingerprint density at radius 1 is 1.42 bits per heavy atom. The largest absolute Gasteiger partial charge is 0.504 e. The van der Waals surface area contributed by atoms with Crippen LogP contribution in [-0.2, 0) is 17.9 Å². The maximum atomic E-state index is 13.4. The molecule has 140 valence electrons. The number of nitrogens with one attached hydrogen (secondary N) is 1. The molecular weight excluding hydrogens is 343 g/mol. The predicted octanol–water partition coefficient (Wildman–Crippen LogP) is 0.937. The zero-order valence-corrected chi connectivity index (χ0v) is 14.4. The minimum atomic E-state index is -0.827. The van der Waals surface area contributed by atoms with E-state index >= 15 is 0 Å². The fraction of sp³-hybridized carbons (Fsp3) is 0.471. The molecule has 1 aliphatic rings. The average Bonchev–Trinajstić information content (AvgIpc) is 3.00. The van der Waals surface area contributed by atoms with Crippen molar-refractivity contribution in [2.24, 2.45) is 0 Å². The Kier molecular flexibility index (Phi) is 5.48. The van der Waals surface area contributed by atoms with Crippen molar-refractivity contribution >= 4 is 5.91 Å². The van der Waals surface area contributed by atoms with E-state index in [0.717, 1.165) is 11.9 Å². The van der Waals surface area contributed by atoms with Gasteiger partial charge in [-0.2, -0.15) is 0 Å². The van der Waals surface area contributed by atoms with Crippen molar-refractivity contribution in [2.75, 3.05) is 13.7 Å². The summed E-state index contributed by atoms with van der Waals surface area (Å²) in [6.07, 6.45) is 1.30. The van der Waals surface area contributed by atoms with E-state index in [4.69, 9.17) is 4.74 Å². The van der Waals surface area contributed by atoms with E-state index in [1.54, 1.807) is 7.11 Å². The lowest BCUT2D eigenvalue weighted by molar-refractivity contribution is 0.0902. The Labute approximate surface area is 149 Å². The third-order valence-electron chi connectivity index (χ3n) is 4.59. The van der Waals surface area contributed by atoms with Gasteiger partial charge in [-0.1, -0.05) is 6.07 Å². The van der Waals surface area contributed by atoms with Crippen molar-refractivity contribution in [1.82, 2.24) is 20.1 Å². The van der Waals surface area contributed by atoms with Crippen molar-refractivity contribution in [3.63, 3.8) is 0 Å². The number of rotatable bonds is 7. The molecule has 1 heterocycles. The number of carbonyl (C=O) groups is 1. The highest BCUT2D eigenvalue weighted by Gasteiger charge is 2.35. The van der Waals surface area contributed by atoms with E-state index in [9.17, 15) is 19.4 Å². The number of aromatic nitrogens is 3. The highest BCUT2D eigenvalue weighted by Crippen LogP contribution is 2.36. The van der Waals surface area contributed by atoms with Crippen LogP contribution >= 0.6 is 0 Å². The maximum absolute atomic E-state index is 13.4. The number of ether oxygens (including phenoxy) is 1. The van der Waals surface area contributed by atoms with Gasteiger partial charge in [0.1, 0.15) is 12.4 Å². The predicted molar refractivity (Wildman–Crippen MR) is 89.1 cm³/mol. The van der Waals surface area contributed by atoms with Gasteiger partial charge in [-0.05, 0) is 25.0 Å². The van der Waals surface area contributed by atoms with Crippen LogP contribution in [0.1, 0.15) is 40.8 Å². The third kappa shape index (κ3) is 3.54. The van der Waals surface area contributed by atoms with E-state index < -0.39 is 17.5 Å². The number of phenolic OH excluding ortho intramolecular Hbond substituents is 1. The molecule has 3 rings (SSSR count). The number of methoxy groups -OCH3 is 1. The molecule has 1 aromatic heterocycles. The Hall–Kier alpha value is -2.52. The van der Waals surface area contributed by atoms with Gasteiger partial charge in [-0.25, -0.2) is 4.39 Å². The summed E-state index contributed by atoms with van der Waals surface area (Å²) in [6.45, 7) is 0.811.